The second-order valence-electron chi connectivity index (χ2n) is 7.71. The molecule has 3 N–H and O–H groups in total. The van der Waals surface area contributed by atoms with Gasteiger partial charge in [-0.05, 0) is 57.1 Å². The lowest BCUT2D eigenvalue weighted by atomic mass is 9.73. The van der Waals surface area contributed by atoms with Crippen LogP contribution in [0.5, 0.6) is 0 Å². The number of hydrazone groups is 1. The molecule has 0 unspecified atom stereocenters. The molecule has 1 heterocycles. The minimum absolute atomic E-state index is 0.127. The molecule has 8 nitrogen and oxygen atoms in total. The van der Waals surface area contributed by atoms with Gasteiger partial charge in [0, 0.05) is 27.6 Å². The molecule has 1 saturated carbocycles. The summed E-state index contributed by atoms with van der Waals surface area (Å²) in [4.78, 5) is 35.1. The lowest BCUT2D eigenvalue weighted by Gasteiger charge is -2.42. The molecular weight excluding hydrogens is 520 g/mol. The molecule has 1 atom stereocenters. The predicted octanol–water partition coefficient (Wildman–Crippen LogP) is 3.23. The zero-order valence-electron chi connectivity index (χ0n) is 16.8. The number of nitrogens with one attached hydrogen (secondary N) is 3. The Morgan fingerprint density at radius 3 is 2.63 bits per heavy atom. The third kappa shape index (κ3) is 5.03. The van der Waals surface area contributed by atoms with Gasteiger partial charge in [0.25, 0.3) is 0 Å². The third-order valence-electron chi connectivity index (χ3n) is 5.58. The Hall–Kier alpha value is -1.94. The van der Waals surface area contributed by atoms with Crippen molar-refractivity contribution in [1.82, 2.24) is 16.1 Å². The molecule has 1 aromatic carbocycles. The Morgan fingerprint density at radius 1 is 1.30 bits per heavy atom. The Morgan fingerprint density at radius 2 is 2.00 bits per heavy atom. The van der Waals surface area contributed by atoms with Crippen LogP contribution < -0.4 is 16.1 Å². The molecule has 1 spiro atoms. The fraction of sp³-hybridized carbons (Fsp3) is 0.500. The first kappa shape index (κ1) is 22.7. The van der Waals surface area contributed by atoms with Crippen LogP contribution in [0.1, 0.15) is 44.6 Å². The van der Waals surface area contributed by atoms with Gasteiger partial charge in [0.05, 0.1) is 0 Å². The summed E-state index contributed by atoms with van der Waals surface area (Å²) >= 11 is 7.03. The van der Waals surface area contributed by atoms with E-state index in [-0.39, 0.29) is 6.04 Å². The zero-order valence-corrected chi connectivity index (χ0v) is 19.9. The molecule has 0 bridgehead atoms. The minimum Gasteiger partial charge on any atom is -0.435 e. The number of halogens is 2. The maximum Gasteiger partial charge on any atom is 0.428 e. The van der Waals surface area contributed by atoms with E-state index in [1.807, 2.05) is 25.1 Å². The second-order valence-corrected chi connectivity index (χ2v) is 9.48. The zero-order chi connectivity index (χ0) is 21.9. The maximum atomic E-state index is 12.0. The van der Waals surface area contributed by atoms with Crippen LogP contribution in [0.4, 0.5) is 4.79 Å². The van der Waals surface area contributed by atoms with Crippen LogP contribution >= 0.6 is 31.9 Å². The van der Waals surface area contributed by atoms with E-state index >= 15 is 0 Å². The quantitative estimate of drug-likeness (QED) is 0.506. The average molecular weight is 544 g/mol. The molecule has 0 radical (unpaired) electrons. The minimum atomic E-state index is -0.774. The first-order chi connectivity index (χ1) is 14.2. The number of ether oxygens (including phenoxy) is 1. The number of amides is 3. The summed E-state index contributed by atoms with van der Waals surface area (Å²) in [5, 5.41) is 9.39. The Kier molecular flexibility index (Phi) is 7.18. The second kappa shape index (κ2) is 9.47. The largest absolute Gasteiger partial charge is 0.435 e. The summed E-state index contributed by atoms with van der Waals surface area (Å²) < 4.78 is 7.59. The number of carbonyl (C=O) groups excluding carboxylic acids is 3. The number of nitrogens with zero attached hydrogens (tertiary/aromatic N) is 1. The van der Waals surface area contributed by atoms with Gasteiger partial charge in [-0.1, -0.05) is 37.9 Å². The van der Waals surface area contributed by atoms with E-state index in [1.165, 1.54) is 7.05 Å². The van der Waals surface area contributed by atoms with Crippen molar-refractivity contribution in [1.29, 1.82) is 0 Å². The summed E-state index contributed by atoms with van der Waals surface area (Å²) in [6, 6.07) is 5.68. The summed E-state index contributed by atoms with van der Waals surface area (Å²) in [5.41, 5.74) is 3.25. The van der Waals surface area contributed by atoms with Crippen molar-refractivity contribution in [2.24, 2.45) is 11.0 Å². The maximum absolute atomic E-state index is 12.0. The van der Waals surface area contributed by atoms with E-state index in [4.69, 9.17) is 4.74 Å². The highest BCUT2D eigenvalue weighted by Crippen LogP contribution is 2.41. The molecule has 3 amide bonds. The molecule has 1 aliphatic heterocycles. The van der Waals surface area contributed by atoms with Gasteiger partial charge >= 0.3 is 17.9 Å². The molecule has 0 aromatic heterocycles. The van der Waals surface area contributed by atoms with Crippen molar-refractivity contribution in [2.45, 2.75) is 50.7 Å². The van der Waals surface area contributed by atoms with Crippen molar-refractivity contribution < 1.29 is 19.1 Å². The summed E-state index contributed by atoms with van der Waals surface area (Å²) in [5.74, 6) is -0.926. The molecule has 3 rings (SSSR count). The van der Waals surface area contributed by atoms with Crippen molar-refractivity contribution in [3.8, 4) is 0 Å². The molecule has 2 aliphatic rings. The third-order valence-corrected chi connectivity index (χ3v) is 6.72. The highest BCUT2D eigenvalue weighted by Gasteiger charge is 2.46. The van der Waals surface area contributed by atoms with Gasteiger partial charge in [-0.15, -0.1) is 0 Å². The lowest BCUT2D eigenvalue weighted by molar-refractivity contribution is -0.139. The topological polar surface area (TPSA) is 109 Å². The van der Waals surface area contributed by atoms with Gasteiger partial charge in [0.1, 0.15) is 5.71 Å². The average Bonchev–Trinajstić information content (AvgIpc) is 2.70. The Balaban J connectivity index is 1.69. The molecule has 0 saturated heterocycles. The summed E-state index contributed by atoms with van der Waals surface area (Å²) in [7, 11) is 1.43. The highest BCUT2D eigenvalue weighted by atomic mass is 79.9. The number of likely N-dealkylation sites (N-methyl/N-ethyl adjacent to an activating group) is 1. The highest BCUT2D eigenvalue weighted by molar-refractivity contribution is 9.11. The van der Waals surface area contributed by atoms with Crippen molar-refractivity contribution in [2.75, 3.05) is 7.05 Å². The van der Waals surface area contributed by atoms with E-state index in [0.717, 1.165) is 33.8 Å². The Labute approximate surface area is 191 Å². The van der Waals surface area contributed by atoms with E-state index in [9.17, 15) is 14.4 Å². The van der Waals surface area contributed by atoms with Gasteiger partial charge in [0.15, 0.2) is 5.60 Å². The predicted molar refractivity (Wildman–Crippen MR) is 119 cm³/mol. The first-order valence-electron chi connectivity index (χ1n) is 9.79. The molecular formula is C20H24Br2N4O4. The molecule has 30 heavy (non-hydrogen) atoms. The van der Waals surface area contributed by atoms with E-state index in [1.54, 1.807) is 0 Å². The SMILES string of the molecule is CNC(=O)C(=O)N[C@@H](C)CC1CCC2(CC1)OC(=O)NN=C2c1ccc(Br)cc1Br. The number of benzene rings is 1. The molecule has 1 aliphatic carbocycles. The lowest BCUT2D eigenvalue weighted by Crippen LogP contribution is -2.52. The summed E-state index contributed by atoms with van der Waals surface area (Å²) in [6.07, 6.45) is 3.13. The number of hydrogen-bond donors (Lipinski definition) is 3. The normalized spacial score (nSPS) is 24.3. The smallest absolute Gasteiger partial charge is 0.428 e. The van der Waals surface area contributed by atoms with Crippen LogP contribution in [0.3, 0.4) is 0 Å². The van der Waals surface area contributed by atoms with Crippen LogP contribution in [0, 0.1) is 5.92 Å². The van der Waals surface area contributed by atoms with Gasteiger partial charge in [-0.25, -0.2) is 10.2 Å². The van der Waals surface area contributed by atoms with E-state index in [0.29, 0.717) is 24.5 Å². The molecule has 1 aromatic rings. The molecule has 10 heteroatoms. The fourth-order valence-corrected chi connectivity index (χ4v) is 5.35. The van der Waals surface area contributed by atoms with Gasteiger partial charge in [-0.3, -0.25) is 9.59 Å². The fourth-order valence-electron chi connectivity index (χ4n) is 4.12. The van der Waals surface area contributed by atoms with Gasteiger partial charge < -0.3 is 15.4 Å². The monoisotopic (exact) mass is 542 g/mol. The van der Waals surface area contributed by atoms with Gasteiger partial charge in [0.2, 0.25) is 0 Å². The number of hydrogen-bond acceptors (Lipinski definition) is 5. The van der Waals surface area contributed by atoms with Crippen LogP contribution in [0.2, 0.25) is 0 Å². The molecule has 162 valence electrons. The Bertz CT molecular complexity index is 882. The van der Waals surface area contributed by atoms with Crippen LogP contribution in [0.25, 0.3) is 0 Å². The van der Waals surface area contributed by atoms with Crippen molar-refractivity contribution >= 4 is 55.5 Å². The number of rotatable bonds is 4. The first-order valence-corrected chi connectivity index (χ1v) is 11.4. The standard InChI is InChI=1S/C20H24Br2N4O4/c1-11(24-18(28)17(27)23-2)9-12-5-7-20(8-6-12)16(25-26-19(29)30-20)14-4-3-13(21)10-15(14)22/h3-4,10-12H,5-9H2,1-2H3,(H,23,27)(H,24,28)(H,26,29)/t11-,12?,20?/m0/s1. The summed E-state index contributed by atoms with van der Waals surface area (Å²) in [6.45, 7) is 1.89. The van der Waals surface area contributed by atoms with E-state index < -0.39 is 23.5 Å². The van der Waals surface area contributed by atoms with Gasteiger partial charge in [-0.2, -0.15) is 5.10 Å². The number of carbonyl (C=O) groups is 3. The van der Waals surface area contributed by atoms with E-state index in [2.05, 4.69) is 53.0 Å². The van der Waals surface area contributed by atoms with Crippen LogP contribution in [0.15, 0.2) is 32.2 Å². The van der Waals surface area contributed by atoms with Crippen molar-refractivity contribution in [3.63, 3.8) is 0 Å². The van der Waals surface area contributed by atoms with Crippen molar-refractivity contribution in [3.05, 3.63) is 32.7 Å². The van der Waals surface area contributed by atoms with Crippen LogP contribution in [-0.2, 0) is 14.3 Å². The van der Waals surface area contributed by atoms with Crippen LogP contribution in [-0.4, -0.2) is 42.3 Å². The molecule has 1 fully saturated rings.